The van der Waals surface area contributed by atoms with E-state index >= 15 is 0 Å². The summed E-state index contributed by atoms with van der Waals surface area (Å²) >= 11 is 0. The number of para-hydroxylation sites is 1. The standard InChI is InChI=1S/C30H37N6O9P/c1-4-29(38)26(36-18-32-22-23(36)33-27(31)34-24(22)41-5-2)44-28(16-30(28,29)39)17-42-46(40,45-21-14-10-7-11-15-21)35-19(3)25(37)43-20-12-8-6-9-13-20/h1,7,10-11,14-15,18-20,26,38-39H,5-6,8-9,12-13,16-17H2,2-3H3,(H,35,40)(H2,31,33,34)/t19?,26-,28-,29+,30-,46+/m1/s1. The van der Waals surface area contributed by atoms with E-state index in [4.69, 9.17) is 35.4 Å². The number of nitrogen functional groups attached to an aromatic ring is 1. The summed E-state index contributed by atoms with van der Waals surface area (Å²) in [5, 5.41) is 26.0. The van der Waals surface area contributed by atoms with Gasteiger partial charge in [-0.1, -0.05) is 30.5 Å². The Morgan fingerprint density at radius 2 is 2.00 bits per heavy atom. The van der Waals surface area contributed by atoms with Gasteiger partial charge >= 0.3 is 13.7 Å². The summed E-state index contributed by atoms with van der Waals surface area (Å²) < 4.78 is 44.6. The summed E-state index contributed by atoms with van der Waals surface area (Å²) in [7, 11) is -4.34. The van der Waals surface area contributed by atoms with Gasteiger partial charge in [0.2, 0.25) is 17.4 Å². The molecule has 246 valence electrons. The number of hydrogen-bond acceptors (Lipinski definition) is 13. The van der Waals surface area contributed by atoms with Crippen LogP contribution in [-0.4, -0.2) is 77.9 Å². The highest BCUT2D eigenvalue weighted by Crippen LogP contribution is 2.68. The number of aliphatic hydroxyl groups is 2. The van der Waals surface area contributed by atoms with Crippen LogP contribution in [0, 0.1) is 12.3 Å². The minimum atomic E-state index is -4.34. The number of hydrogen-bond donors (Lipinski definition) is 4. The fourth-order valence-electron chi connectivity index (χ4n) is 6.10. The normalized spacial score (nSPS) is 29.3. The molecule has 1 aromatic carbocycles. The van der Waals surface area contributed by atoms with E-state index in [1.54, 1.807) is 37.3 Å². The third kappa shape index (κ3) is 5.59. The van der Waals surface area contributed by atoms with Gasteiger partial charge in [0, 0.05) is 6.42 Å². The number of rotatable bonds is 12. The minimum Gasteiger partial charge on any atom is -0.476 e. The van der Waals surface area contributed by atoms with Crippen LogP contribution in [0.5, 0.6) is 11.6 Å². The fraction of sp³-hybridized carbons (Fsp3) is 0.533. The van der Waals surface area contributed by atoms with Gasteiger partial charge in [-0.2, -0.15) is 15.1 Å². The highest BCUT2D eigenvalue weighted by molar-refractivity contribution is 7.52. The van der Waals surface area contributed by atoms with E-state index in [1.807, 2.05) is 0 Å². The highest BCUT2D eigenvalue weighted by atomic mass is 31.2. The van der Waals surface area contributed by atoms with Crippen molar-refractivity contribution in [2.45, 2.75) is 87.5 Å². The molecule has 2 aliphatic carbocycles. The summed E-state index contributed by atoms with van der Waals surface area (Å²) in [4.78, 5) is 25.5. The monoisotopic (exact) mass is 656 g/mol. The molecule has 3 heterocycles. The van der Waals surface area contributed by atoms with Crippen molar-refractivity contribution in [3.63, 3.8) is 0 Å². The summed E-state index contributed by atoms with van der Waals surface area (Å²) in [5.74, 6) is 1.86. The lowest BCUT2D eigenvalue weighted by atomic mass is 9.93. The molecular formula is C30H37N6O9P. The van der Waals surface area contributed by atoms with Crippen LogP contribution in [0.4, 0.5) is 5.95 Å². The number of nitrogens with zero attached hydrogens (tertiary/aromatic N) is 4. The smallest absolute Gasteiger partial charge is 0.459 e. The van der Waals surface area contributed by atoms with Crippen molar-refractivity contribution in [3.05, 3.63) is 36.7 Å². The second kappa shape index (κ2) is 12.1. The van der Waals surface area contributed by atoms with Gasteiger partial charge in [-0.05, 0) is 51.7 Å². The number of esters is 1. The summed E-state index contributed by atoms with van der Waals surface area (Å²) in [6, 6.07) is 7.18. The number of nitrogens with one attached hydrogen (secondary N) is 1. The lowest BCUT2D eigenvalue weighted by Gasteiger charge is -2.30. The van der Waals surface area contributed by atoms with Crippen LogP contribution in [0.15, 0.2) is 36.7 Å². The average Bonchev–Trinajstić information content (AvgIpc) is 3.33. The maximum atomic E-state index is 14.2. The number of nitrogens with two attached hydrogens (primary N) is 1. The Hall–Kier alpha value is -3.77. The Morgan fingerprint density at radius 1 is 1.26 bits per heavy atom. The largest absolute Gasteiger partial charge is 0.476 e. The quantitative estimate of drug-likeness (QED) is 0.126. The molecule has 3 aromatic rings. The van der Waals surface area contributed by atoms with Crippen LogP contribution in [0.3, 0.4) is 0 Å². The number of carbonyl (C=O) groups excluding carboxylic acids is 1. The predicted octanol–water partition coefficient (Wildman–Crippen LogP) is 2.63. The van der Waals surface area contributed by atoms with Crippen molar-refractivity contribution in [2.24, 2.45) is 0 Å². The third-order valence-electron chi connectivity index (χ3n) is 8.63. The van der Waals surface area contributed by atoms with Gasteiger partial charge in [0.25, 0.3) is 0 Å². The predicted molar refractivity (Wildman–Crippen MR) is 163 cm³/mol. The molecule has 15 nitrogen and oxygen atoms in total. The van der Waals surface area contributed by atoms with Gasteiger partial charge in [0.1, 0.15) is 29.1 Å². The maximum Gasteiger partial charge on any atom is 0.459 e. The number of fused-ring (bicyclic) bond motifs is 2. The van der Waals surface area contributed by atoms with E-state index in [1.165, 1.54) is 17.8 Å². The Bertz CT molecular complexity index is 1690. The molecule has 46 heavy (non-hydrogen) atoms. The Morgan fingerprint density at radius 3 is 2.70 bits per heavy atom. The molecule has 1 unspecified atom stereocenters. The zero-order chi connectivity index (χ0) is 32.7. The second-order valence-corrected chi connectivity index (χ2v) is 13.5. The molecule has 16 heteroatoms. The van der Waals surface area contributed by atoms with Gasteiger partial charge in [0.15, 0.2) is 17.4 Å². The second-order valence-electron chi connectivity index (χ2n) is 11.8. The lowest BCUT2D eigenvalue weighted by molar-refractivity contribution is -0.152. The van der Waals surface area contributed by atoms with Crippen LogP contribution in [-0.2, 0) is 23.4 Å². The lowest BCUT2D eigenvalue weighted by Crippen LogP contribution is -2.48. The van der Waals surface area contributed by atoms with E-state index < -0.39 is 49.4 Å². The molecule has 0 bridgehead atoms. The van der Waals surface area contributed by atoms with E-state index in [0.29, 0.717) is 0 Å². The Balaban J connectivity index is 1.25. The molecule has 1 aliphatic heterocycles. The van der Waals surface area contributed by atoms with Crippen molar-refractivity contribution in [2.75, 3.05) is 18.9 Å². The van der Waals surface area contributed by atoms with Gasteiger partial charge in [-0.3, -0.25) is 13.9 Å². The van der Waals surface area contributed by atoms with E-state index in [2.05, 4.69) is 26.0 Å². The van der Waals surface area contributed by atoms with Crippen LogP contribution < -0.4 is 20.1 Å². The van der Waals surface area contributed by atoms with Crippen LogP contribution in [0.1, 0.15) is 58.6 Å². The van der Waals surface area contributed by atoms with Crippen molar-refractivity contribution in [1.82, 2.24) is 24.6 Å². The van der Waals surface area contributed by atoms with Gasteiger partial charge in [0.05, 0.1) is 19.5 Å². The number of carbonyl (C=O) groups is 1. The molecule has 0 radical (unpaired) electrons. The van der Waals surface area contributed by atoms with Crippen molar-refractivity contribution >= 4 is 30.8 Å². The maximum absolute atomic E-state index is 14.2. The molecule has 5 N–H and O–H groups in total. The Kier molecular flexibility index (Phi) is 8.47. The average molecular weight is 657 g/mol. The molecule has 3 fully saturated rings. The van der Waals surface area contributed by atoms with Crippen LogP contribution in [0.25, 0.3) is 11.2 Å². The SMILES string of the molecule is C#C[C@]1(O)[C@H](n2cnc3c(OCC)nc(N)nc32)O[C@@]2(CO[P@@](=O)(NC(C)C(=O)OC3CCCCC3)Oc3ccccc3)C[C@@]21O. The first-order valence-electron chi connectivity index (χ1n) is 15.2. The van der Waals surface area contributed by atoms with Gasteiger partial charge in [-0.25, -0.2) is 9.55 Å². The molecule has 3 aliphatic rings. The molecule has 6 atom stereocenters. The summed E-state index contributed by atoms with van der Waals surface area (Å²) in [6.45, 7) is 3.00. The zero-order valence-electron chi connectivity index (χ0n) is 25.5. The van der Waals surface area contributed by atoms with Gasteiger partial charge in [-0.15, -0.1) is 6.42 Å². The summed E-state index contributed by atoms with van der Waals surface area (Å²) in [5.41, 5.74) is 0.319. The highest BCUT2D eigenvalue weighted by Gasteiger charge is 2.86. The number of aromatic nitrogens is 4. The first-order chi connectivity index (χ1) is 22.0. The van der Waals surface area contributed by atoms with Crippen LogP contribution in [0.2, 0.25) is 0 Å². The molecule has 0 spiro atoms. The number of ether oxygens (including phenoxy) is 3. The van der Waals surface area contributed by atoms with Crippen molar-refractivity contribution < 1.29 is 42.8 Å². The number of anilines is 1. The molecule has 0 amide bonds. The van der Waals surface area contributed by atoms with E-state index in [-0.39, 0.29) is 47.9 Å². The van der Waals surface area contributed by atoms with Crippen molar-refractivity contribution in [3.8, 4) is 24.0 Å². The van der Waals surface area contributed by atoms with Crippen LogP contribution >= 0.6 is 7.75 Å². The molecule has 1 saturated heterocycles. The molecular weight excluding hydrogens is 619 g/mol. The minimum absolute atomic E-state index is 0.120. The first kappa shape index (κ1) is 32.2. The molecule has 6 rings (SSSR count). The van der Waals surface area contributed by atoms with E-state index in [9.17, 15) is 19.6 Å². The fourth-order valence-corrected chi connectivity index (χ4v) is 7.64. The topological polar surface area (TPSA) is 202 Å². The third-order valence-corrected chi connectivity index (χ3v) is 10.3. The van der Waals surface area contributed by atoms with Crippen molar-refractivity contribution in [1.29, 1.82) is 0 Å². The zero-order valence-corrected chi connectivity index (χ0v) is 26.4. The van der Waals surface area contributed by atoms with Gasteiger partial charge < -0.3 is 34.7 Å². The number of terminal acetylenes is 1. The Labute approximate surface area is 265 Å². The number of imidazole rings is 1. The van der Waals surface area contributed by atoms with E-state index in [0.717, 1.165) is 32.1 Å². The first-order valence-corrected chi connectivity index (χ1v) is 16.7. The number of benzene rings is 1. The molecule has 2 aromatic heterocycles. The molecule has 2 saturated carbocycles. The summed E-state index contributed by atoms with van der Waals surface area (Å²) in [6.07, 6.45) is 9.88.